The van der Waals surface area contributed by atoms with Gasteiger partial charge in [-0.05, 0) is 38.8 Å². The van der Waals surface area contributed by atoms with E-state index in [1.54, 1.807) is 24.3 Å². The maximum absolute atomic E-state index is 12.3. The van der Waals surface area contributed by atoms with Gasteiger partial charge in [0.05, 0.1) is 17.0 Å². The highest BCUT2D eigenvalue weighted by atomic mass is 32.2. The average Bonchev–Trinajstić information content (AvgIpc) is 3.29. The summed E-state index contributed by atoms with van der Waals surface area (Å²) >= 11 is 2.78. The number of thioether (sulfide) groups is 1. The van der Waals surface area contributed by atoms with Gasteiger partial charge < -0.3 is 16.0 Å². The highest BCUT2D eigenvalue weighted by Crippen LogP contribution is 2.30. The number of benzene rings is 1. The number of nitrogens with zero attached hydrogens (tertiary/aromatic N) is 2. The van der Waals surface area contributed by atoms with Crippen LogP contribution in [0.1, 0.15) is 37.0 Å². The number of aromatic nitrogens is 2. The van der Waals surface area contributed by atoms with Crippen LogP contribution in [0.25, 0.3) is 0 Å². The Morgan fingerprint density at radius 2 is 2.04 bits per heavy atom. The van der Waals surface area contributed by atoms with Crippen LogP contribution in [0, 0.1) is 0 Å². The van der Waals surface area contributed by atoms with Crippen molar-refractivity contribution in [2.75, 3.05) is 16.4 Å². The number of amides is 2. The molecule has 3 rings (SSSR count). The molecule has 0 aliphatic heterocycles. The second-order valence-corrected chi connectivity index (χ2v) is 8.50. The van der Waals surface area contributed by atoms with Crippen molar-refractivity contribution in [3.05, 3.63) is 29.8 Å². The van der Waals surface area contributed by atoms with E-state index in [1.807, 2.05) is 13.8 Å². The number of carbonyl (C=O) groups is 2. The van der Waals surface area contributed by atoms with Gasteiger partial charge in [0.25, 0.3) is 5.91 Å². The van der Waals surface area contributed by atoms with E-state index in [1.165, 1.54) is 35.9 Å². The van der Waals surface area contributed by atoms with Crippen molar-refractivity contribution < 1.29 is 9.59 Å². The Balaban J connectivity index is 1.54. The number of hydrogen-bond acceptors (Lipinski definition) is 7. The quantitative estimate of drug-likeness (QED) is 0.599. The molecule has 1 aliphatic carbocycles. The third-order valence-electron chi connectivity index (χ3n) is 3.50. The summed E-state index contributed by atoms with van der Waals surface area (Å²) in [6.45, 7) is 3.79. The van der Waals surface area contributed by atoms with E-state index in [9.17, 15) is 9.59 Å². The van der Waals surface area contributed by atoms with Gasteiger partial charge in [0, 0.05) is 12.1 Å². The smallest absolute Gasteiger partial charge is 0.253 e. The fourth-order valence-electron chi connectivity index (χ4n) is 2.17. The van der Waals surface area contributed by atoms with Crippen molar-refractivity contribution in [1.29, 1.82) is 0 Å². The molecule has 138 valence electrons. The predicted octanol–water partition coefficient (Wildman–Crippen LogP) is 2.98. The molecule has 7 nitrogen and oxygen atoms in total. The molecule has 1 saturated carbocycles. The molecule has 0 unspecified atom stereocenters. The molecule has 1 aromatic heterocycles. The second-order valence-electron chi connectivity index (χ2n) is 6.30. The van der Waals surface area contributed by atoms with Crippen LogP contribution in [0.5, 0.6) is 0 Å². The summed E-state index contributed by atoms with van der Waals surface area (Å²) in [7, 11) is 0. The van der Waals surface area contributed by atoms with Gasteiger partial charge in [0.15, 0.2) is 4.34 Å². The average molecular weight is 392 g/mol. The van der Waals surface area contributed by atoms with E-state index in [0.717, 1.165) is 9.47 Å². The van der Waals surface area contributed by atoms with Gasteiger partial charge in [0.2, 0.25) is 11.0 Å². The van der Waals surface area contributed by atoms with Gasteiger partial charge in [-0.15, -0.1) is 10.2 Å². The molecule has 1 fully saturated rings. The fourth-order valence-corrected chi connectivity index (χ4v) is 3.80. The lowest BCUT2D eigenvalue weighted by molar-refractivity contribution is -0.113. The van der Waals surface area contributed by atoms with Gasteiger partial charge in [-0.25, -0.2) is 0 Å². The molecule has 1 aliphatic rings. The lowest BCUT2D eigenvalue weighted by atomic mass is 10.1. The van der Waals surface area contributed by atoms with Gasteiger partial charge >= 0.3 is 0 Å². The minimum Gasteiger partial charge on any atom is -0.357 e. The van der Waals surface area contributed by atoms with Crippen LogP contribution < -0.4 is 16.0 Å². The predicted molar refractivity (Wildman–Crippen MR) is 105 cm³/mol. The van der Waals surface area contributed by atoms with E-state index in [0.29, 0.717) is 17.3 Å². The molecule has 9 heteroatoms. The summed E-state index contributed by atoms with van der Waals surface area (Å²) in [5, 5.41) is 17.9. The zero-order chi connectivity index (χ0) is 18.5. The number of anilines is 2. The first-order valence-corrected chi connectivity index (χ1v) is 10.2. The molecule has 0 atom stereocenters. The number of rotatable bonds is 8. The molecule has 0 spiro atoms. The second kappa shape index (κ2) is 8.50. The van der Waals surface area contributed by atoms with E-state index in [-0.39, 0.29) is 23.6 Å². The monoisotopic (exact) mass is 391 g/mol. The van der Waals surface area contributed by atoms with E-state index < -0.39 is 0 Å². The molecule has 3 N–H and O–H groups in total. The fraction of sp³-hybridized carbons (Fsp3) is 0.412. The van der Waals surface area contributed by atoms with Crippen molar-refractivity contribution in [3.63, 3.8) is 0 Å². The Kier molecular flexibility index (Phi) is 6.10. The maximum atomic E-state index is 12.3. The Morgan fingerprint density at radius 3 is 2.77 bits per heavy atom. The van der Waals surface area contributed by atoms with Crippen molar-refractivity contribution in [3.8, 4) is 0 Å². The molecule has 26 heavy (non-hydrogen) atoms. The van der Waals surface area contributed by atoms with Crippen LogP contribution in [0.3, 0.4) is 0 Å². The normalized spacial score (nSPS) is 13.5. The Labute approximate surface area is 160 Å². The van der Waals surface area contributed by atoms with Crippen LogP contribution in [-0.4, -0.2) is 39.8 Å². The standard InChI is InChI=1S/C17H21N5O2S2/c1-10(2)18-15(24)12-5-3-4-6-13(12)20-14(23)9-25-17-22-21-16(26-17)19-11-7-8-11/h3-6,10-11H,7-9H2,1-2H3,(H,18,24)(H,19,21)(H,20,23). The summed E-state index contributed by atoms with van der Waals surface area (Å²) in [5.41, 5.74) is 0.955. The van der Waals surface area contributed by atoms with E-state index >= 15 is 0 Å². The molecule has 2 aromatic rings. The zero-order valence-electron chi connectivity index (χ0n) is 14.6. The summed E-state index contributed by atoms with van der Waals surface area (Å²) in [6.07, 6.45) is 2.35. The van der Waals surface area contributed by atoms with Crippen LogP contribution in [0.2, 0.25) is 0 Å². The van der Waals surface area contributed by atoms with Crippen LogP contribution >= 0.6 is 23.1 Å². The summed E-state index contributed by atoms with van der Waals surface area (Å²) in [6, 6.07) is 7.53. The number of hydrogen-bond donors (Lipinski definition) is 3. The third kappa shape index (κ3) is 5.43. The number of carbonyl (C=O) groups excluding carboxylic acids is 2. The number of nitrogens with one attached hydrogen (secondary N) is 3. The minimum absolute atomic E-state index is 0.0256. The Hall–Kier alpha value is -2.13. The SMILES string of the molecule is CC(C)NC(=O)c1ccccc1NC(=O)CSc1nnc(NC2CC2)s1. The van der Waals surface area contributed by atoms with Crippen LogP contribution in [0.15, 0.2) is 28.6 Å². The van der Waals surface area contributed by atoms with Crippen molar-refractivity contribution in [2.45, 2.75) is 43.1 Å². The zero-order valence-corrected chi connectivity index (χ0v) is 16.2. The van der Waals surface area contributed by atoms with Crippen molar-refractivity contribution in [2.24, 2.45) is 0 Å². The molecule has 0 radical (unpaired) electrons. The molecule has 0 saturated heterocycles. The van der Waals surface area contributed by atoms with E-state index in [4.69, 9.17) is 0 Å². The van der Waals surface area contributed by atoms with Gasteiger partial charge in [-0.3, -0.25) is 9.59 Å². The number of para-hydroxylation sites is 1. The lowest BCUT2D eigenvalue weighted by Crippen LogP contribution is -2.31. The highest BCUT2D eigenvalue weighted by molar-refractivity contribution is 8.01. The maximum Gasteiger partial charge on any atom is 0.253 e. The lowest BCUT2D eigenvalue weighted by Gasteiger charge is -2.12. The van der Waals surface area contributed by atoms with Gasteiger partial charge in [-0.2, -0.15) is 0 Å². The minimum atomic E-state index is -0.205. The van der Waals surface area contributed by atoms with Gasteiger partial charge in [-0.1, -0.05) is 35.2 Å². The third-order valence-corrected chi connectivity index (χ3v) is 5.49. The largest absolute Gasteiger partial charge is 0.357 e. The van der Waals surface area contributed by atoms with Crippen molar-refractivity contribution >= 4 is 45.7 Å². The summed E-state index contributed by atoms with van der Waals surface area (Å²) in [4.78, 5) is 24.5. The summed E-state index contributed by atoms with van der Waals surface area (Å²) in [5.74, 6) is -0.187. The first-order valence-electron chi connectivity index (χ1n) is 8.44. The molecule has 0 bridgehead atoms. The molecular formula is C17H21N5O2S2. The van der Waals surface area contributed by atoms with Crippen LogP contribution in [0.4, 0.5) is 10.8 Å². The molecule has 2 amide bonds. The molecule has 1 aromatic carbocycles. The first kappa shape index (κ1) is 18.7. The van der Waals surface area contributed by atoms with E-state index in [2.05, 4.69) is 26.1 Å². The first-order chi connectivity index (χ1) is 12.5. The molecule has 1 heterocycles. The van der Waals surface area contributed by atoms with Crippen LogP contribution in [-0.2, 0) is 4.79 Å². The highest BCUT2D eigenvalue weighted by Gasteiger charge is 2.22. The Morgan fingerprint density at radius 1 is 1.27 bits per heavy atom. The molecular weight excluding hydrogens is 370 g/mol. The van der Waals surface area contributed by atoms with Gasteiger partial charge in [0.1, 0.15) is 0 Å². The van der Waals surface area contributed by atoms with Crippen molar-refractivity contribution in [1.82, 2.24) is 15.5 Å². The summed E-state index contributed by atoms with van der Waals surface area (Å²) < 4.78 is 0.745. The topological polar surface area (TPSA) is 96.0 Å². The Bertz CT molecular complexity index is 789.